The molecule has 2 aromatic rings. The second kappa shape index (κ2) is 10.9. The Morgan fingerprint density at radius 3 is 2.86 bits per heavy atom. The van der Waals surface area contributed by atoms with Crippen LogP contribution in [0.4, 0.5) is 0 Å². The van der Waals surface area contributed by atoms with E-state index in [0.29, 0.717) is 24.9 Å². The van der Waals surface area contributed by atoms with Gasteiger partial charge in [-0.3, -0.25) is 4.79 Å². The number of amides is 1. The summed E-state index contributed by atoms with van der Waals surface area (Å²) in [5.74, 6) is -0.453. The Labute approximate surface area is 197 Å². The minimum Gasteiger partial charge on any atom is -0.506 e. The number of phenolic OH excluding ortho intramolecular Hbond substituents is 1. The minimum atomic E-state index is -0.551. The predicted molar refractivity (Wildman–Crippen MR) is 122 cm³/mol. The first-order valence-corrected chi connectivity index (χ1v) is 10.7. The molecule has 0 bridgehead atoms. The molecule has 0 spiro atoms. The molecule has 29 heavy (non-hydrogen) atoms. The minimum absolute atomic E-state index is 0.0403. The summed E-state index contributed by atoms with van der Waals surface area (Å²) < 4.78 is 12.6. The van der Waals surface area contributed by atoms with E-state index >= 15 is 0 Å². The molecule has 1 amide bonds. The lowest BCUT2D eigenvalue weighted by atomic mass is 10.1. The van der Waals surface area contributed by atoms with Crippen LogP contribution in [0.1, 0.15) is 22.4 Å². The molecule has 0 unspecified atom stereocenters. The zero-order chi connectivity index (χ0) is 21.6. The third-order valence-electron chi connectivity index (χ3n) is 3.56. The summed E-state index contributed by atoms with van der Waals surface area (Å²) >= 11 is 8.70. The van der Waals surface area contributed by atoms with E-state index in [0.717, 1.165) is 4.47 Å². The zero-order valence-corrected chi connectivity index (χ0v) is 20.6. The Balaban J connectivity index is 2.07. The standard InChI is InChI=1S/C18H15Br2IN4O4/c1-9-16(20)13(7-28-2)12(5-22)18(24-9)29-8-15(26)25-23-6-10-3-11(19)4-14(21)17(10)27/h3-4,6,27H,7-8H2,1-2H3,(H,25,26)/b23-6+. The Morgan fingerprint density at radius 2 is 2.21 bits per heavy atom. The number of methoxy groups -OCH3 is 1. The van der Waals surface area contributed by atoms with Gasteiger partial charge < -0.3 is 14.6 Å². The molecule has 0 aliphatic rings. The van der Waals surface area contributed by atoms with Crippen LogP contribution in [-0.2, 0) is 16.1 Å². The number of carbonyl (C=O) groups excluding carboxylic acids is 1. The van der Waals surface area contributed by atoms with Crippen molar-refractivity contribution in [3.8, 4) is 17.7 Å². The molecule has 2 rings (SSSR count). The molecular formula is C18H15Br2IN4O4. The van der Waals surface area contributed by atoms with Crippen LogP contribution in [0, 0.1) is 21.8 Å². The lowest BCUT2D eigenvalue weighted by molar-refractivity contribution is -0.123. The molecule has 1 aromatic heterocycles. The molecule has 0 fully saturated rings. The third kappa shape index (κ3) is 6.11. The maximum Gasteiger partial charge on any atom is 0.278 e. The van der Waals surface area contributed by atoms with Gasteiger partial charge in [-0.05, 0) is 57.6 Å². The number of phenols is 1. The Kier molecular flexibility index (Phi) is 8.81. The van der Waals surface area contributed by atoms with Crippen LogP contribution in [0.5, 0.6) is 11.6 Å². The number of pyridine rings is 1. The molecule has 0 aliphatic heterocycles. The number of halogens is 3. The maximum absolute atomic E-state index is 12.0. The fourth-order valence-corrected chi connectivity index (χ4v) is 4.19. The van der Waals surface area contributed by atoms with Crippen molar-refractivity contribution in [2.45, 2.75) is 13.5 Å². The van der Waals surface area contributed by atoms with Gasteiger partial charge in [-0.15, -0.1) is 0 Å². The van der Waals surface area contributed by atoms with E-state index < -0.39 is 12.5 Å². The lowest BCUT2D eigenvalue weighted by Gasteiger charge is -2.13. The van der Waals surface area contributed by atoms with Crippen molar-refractivity contribution in [2.75, 3.05) is 13.7 Å². The van der Waals surface area contributed by atoms with Gasteiger partial charge in [0.15, 0.2) is 6.61 Å². The van der Waals surface area contributed by atoms with E-state index in [2.05, 4.69) is 47.4 Å². The number of nitrogens with zero attached hydrogens (tertiary/aromatic N) is 3. The van der Waals surface area contributed by atoms with Crippen molar-refractivity contribution in [3.63, 3.8) is 0 Å². The monoisotopic (exact) mass is 636 g/mol. The Morgan fingerprint density at radius 1 is 1.48 bits per heavy atom. The van der Waals surface area contributed by atoms with Crippen LogP contribution in [0.3, 0.4) is 0 Å². The largest absolute Gasteiger partial charge is 0.506 e. The number of aryl methyl sites for hydroxylation is 1. The molecular weight excluding hydrogens is 623 g/mol. The van der Waals surface area contributed by atoms with Crippen molar-refractivity contribution in [2.24, 2.45) is 5.10 Å². The van der Waals surface area contributed by atoms with Gasteiger partial charge in [0, 0.05) is 27.2 Å². The van der Waals surface area contributed by atoms with Gasteiger partial charge in [0.2, 0.25) is 5.88 Å². The highest BCUT2D eigenvalue weighted by atomic mass is 127. The fraction of sp³-hybridized carbons (Fsp3) is 0.222. The fourth-order valence-electron chi connectivity index (χ4n) is 2.24. The summed E-state index contributed by atoms with van der Waals surface area (Å²) in [4.78, 5) is 16.2. The number of ether oxygens (including phenoxy) is 2. The normalized spacial score (nSPS) is 10.8. The van der Waals surface area contributed by atoms with Crippen LogP contribution in [0.15, 0.2) is 26.2 Å². The van der Waals surface area contributed by atoms with Gasteiger partial charge in [0.05, 0.1) is 22.1 Å². The van der Waals surface area contributed by atoms with E-state index in [4.69, 9.17) is 9.47 Å². The third-order valence-corrected chi connectivity index (χ3v) is 5.89. The van der Waals surface area contributed by atoms with E-state index in [1.54, 1.807) is 19.1 Å². The van der Waals surface area contributed by atoms with E-state index in [1.165, 1.54) is 13.3 Å². The molecule has 0 aliphatic carbocycles. The summed E-state index contributed by atoms with van der Waals surface area (Å²) in [6, 6.07) is 5.44. The number of benzene rings is 1. The number of nitrogens with one attached hydrogen (secondary N) is 1. The number of carbonyl (C=O) groups is 1. The molecule has 0 saturated heterocycles. The highest BCUT2D eigenvalue weighted by molar-refractivity contribution is 14.1. The summed E-state index contributed by atoms with van der Waals surface area (Å²) in [7, 11) is 1.51. The average molecular weight is 638 g/mol. The first-order valence-electron chi connectivity index (χ1n) is 7.99. The summed E-state index contributed by atoms with van der Waals surface area (Å²) in [5.41, 5.74) is 4.12. The number of aromatic nitrogens is 1. The smallest absolute Gasteiger partial charge is 0.278 e. The first kappa shape index (κ1) is 23.5. The van der Waals surface area contributed by atoms with Crippen molar-refractivity contribution < 1.29 is 19.4 Å². The Bertz CT molecular complexity index is 1010. The van der Waals surface area contributed by atoms with Crippen LogP contribution >= 0.6 is 54.5 Å². The van der Waals surface area contributed by atoms with Gasteiger partial charge in [0.25, 0.3) is 5.91 Å². The van der Waals surface area contributed by atoms with Gasteiger partial charge in [0.1, 0.15) is 17.4 Å². The van der Waals surface area contributed by atoms with Crippen LogP contribution in [0.2, 0.25) is 0 Å². The quantitative estimate of drug-likeness (QED) is 0.271. The van der Waals surface area contributed by atoms with Crippen molar-refractivity contribution in [1.29, 1.82) is 5.26 Å². The van der Waals surface area contributed by atoms with Crippen LogP contribution in [-0.4, -0.2) is 35.9 Å². The number of hydrogen-bond donors (Lipinski definition) is 2. The first-order chi connectivity index (χ1) is 13.8. The molecule has 2 N–H and O–H groups in total. The Hall–Kier alpha value is -1.75. The number of hydrogen-bond acceptors (Lipinski definition) is 7. The van der Waals surface area contributed by atoms with E-state index in [-0.39, 0.29) is 23.8 Å². The molecule has 0 radical (unpaired) electrons. The molecule has 0 atom stereocenters. The van der Waals surface area contributed by atoms with Gasteiger partial charge in [-0.1, -0.05) is 15.9 Å². The van der Waals surface area contributed by atoms with Gasteiger partial charge in [-0.2, -0.15) is 10.4 Å². The highest BCUT2D eigenvalue weighted by Gasteiger charge is 2.18. The molecule has 1 aromatic carbocycles. The topological polar surface area (TPSA) is 117 Å². The average Bonchev–Trinajstić information content (AvgIpc) is 2.67. The van der Waals surface area contributed by atoms with Crippen molar-refractivity contribution in [1.82, 2.24) is 10.4 Å². The molecule has 8 nitrogen and oxygen atoms in total. The number of nitriles is 1. The maximum atomic E-state index is 12.0. The molecule has 11 heteroatoms. The number of hydrazone groups is 1. The second-order valence-electron chi connectivity index (χ2n) is 5.62. The molecule has 152 valence electrons. The van der Waals surface area contributed by atoms with E-state index in [9.17, 15) is 15.2 Å². The summed E-state index contributed by atoms with van der Waals surface area (Å²) in [6.07, 6.45) is 1.32. The van der Waals surface area contributed by atoms with Gasteiger partial charge in [-0.25, -0.2) is 10.4 Å². The second-order valence-corrected chi connectivity index (χ2v) is 8.49. The van der Waals surface area contributed by atoms with Crippen molar-refractivity contribution >= 4 is 66.6 Å². The highest BCUT2D eigenvalue weighted by Crippen LogP contribution is 2.30. The number of rotatable bonds is 7. The molecule has 0 saturated carbocycles. The lowest BCUT2D eigenvalue weighted by Crippen LogP contribution is -2.25. The predicted octanol–water partition coefficient (Wildman–Crippen LogP) is 3.77. The number of aromatic hydroxyl groups is 1. The van der Waals surface area contributed by atoms with Crippen LogP contribution in [0.25, 0.3) is 0 Å². The molecule has 1 heterocycles. The summed E-state index contributed by atoms with van der Waals surface area (Å²) in [5, 5.41) is 23.3. The van der Waals surface area contributed by atoms with E-state index in [1.807, 2.05) is 28.7 Å². The van der Waals surface area contributed by atoms with Crippen molar-refractivity contribution in [3.05, 3.63) is 47.0 Å². The van der Waals surface area contributed by atoms with Crippen LogP contribution < -0.4 is 10.2 Å². The zero-order valence-electron chi connectivity index (χ0n) is 15.3. The van der Waals surface area contributed by atoms with Gasteiger partial charge >= 0.3 is 0 Å². The summed E-state index contributed by atoms with van der Waals surface area (Å²) in [6.45, 7) is 1.54. The SMILES string of the molecule is COCc1c(Br)c(C)nc(OCC(=O)N/N=C/c2cc(Br)cc(I)c2O)c1C#N.